The lowest BCUT2D eigenvalue weighted by molar-refractivity contribution is -0.123. The highest BCUT2D eigenvalue weighted by Crippen LogP contribution is 2.29. The molecule has 1 rings (SSSR count). The van der Waals surface area contributed by atoms with Crippen molar-refractivity contribution in [1.82, 2.24) is 5.32 Å². The molecule has 0 aliphatic heterocycles. The molecule has 3 heteroatoms. The summed E-state index contributed by atoms with van der Waals surface area (Å²) in [4.78, 5) is 11.4. The molecule has 0 spiro atoms. The number of hydrogen-bond donors (Lipinski definition) is 1. The Kier molecular flexibility index (Phi) is 2.99. The van der Waals surface area contributed by atoms with Gasteiger partial charge in [0.05, 0.1) is 5.54 Å². The van der Waals surface area contributed by atoms with Crippen molar-refractivity contribution < 1.29 is 4.79 Å². The van der Waals surface area contributed by atoms with Gasteiger partial charge in [0.1, 0.15) is 0 Å². The van der Waals surface area contributed by atoms with E-state index in [4.69, 9.17) is 11.6 Å². The van der Waals surface area contributed by atoms with Crippen LogP contribution in [0.4, 0.5) is 0 Å². The number of carbonyl (C=O) groups excluding carboxylic acids is 1. The molecule has 1 saturated carbocycles. The number of hydrogen-bond acceptors (Lipinski definition) is 1. The van der Waals surface area contributed by atoms with Crippen LogP contribution in [0.1, 0.15) is 33.1 Å². The van der Waals surface area contributed by atoms with Crippen LogP contribution in [0.15, 0.2) is 0 Å². The molecule has 0 bridgehead atoms. The molecule has 0 heterocycles. The van der Waals surface area contributed by atoms with Crippen molar-refractivity contribution in [3.05, 3.63) is 0 Å². The lowest BCUT2D eigenvalue weighted by Crippen LogP contribution is -2.47. The van der Waals surface area contributed by atoms with Crippen molar-refractivity contribution in [2.45, 2.75) is 38.6 Å². The first kappa shape index (κ1) is 9.85. The number of halogens is 1. The van der Waals surface area contributed by atoms with E-state index in [-0.39, 0.29) is 17.4 Å². The standard InChI is InChI=1S/C9H16ClNO/c1-3-9(2,6-10)11-8(12)7-4-5-7/h7H,3-6H2,1-2H3,(H,11,12). The van der Waals surface area contributed by atoms with Gasteiger partial charge in [0.25, 0.3) is 0 Å². The largest absolute Gasteiger partial charge is 0.350 e. The first-order chi connectivity index (χ1) is 5.61. The second kappa shape index (κ2) is 3.65. The summed E-state index contributed by atoms with van der Waals surface area (Å²) < 4.78 is 0. The predicted octanol–water partition coefficient (Wildman–Crippen LogP) is 1.92. The molecule has 1 amide bonds. The van der Waals surface area contributed by atoms with Crippen LogP contribution in [0.25, 0.3) is 0 Å². The van der Waals surface area contributed by atoms with Crippen molar-refractivity contribution in [2.75, 3.05) is 5.88 Å². The normalized spacial score (nSPS) is 21.6. The molecule has 12 heavy (non-hydrogen) atoms. The Morgan fingerprint density at radius 3 is 2.58 bits per heavy atom. The zero-order valence-electron chi connectivity index (χ0n) is 7.69. The molecular weight excluding hydrogens is 174 g/mol. The number of amides is 1. The second-order valence-corrected chi connectivity index (χ2v) is 4.08. The maximum atomic E-state index is 11.4. The van der Waals surface area contributed by atoms with Gasteiger partial charge < -0.3 is 5.32 Å². The summed E-state index contributed by atoms with van der Waals surface area (Å²) in [5, 5.41) is 2.98. The van der Waals surface area contributed by atoms with E-state index in [1.807, 2.05) is 13.8 Å². The van der Waals surface area contributed by atoms with Crippen LogP contribution >= 0.6 is 11.6 Å². The predicted molar refractivity (Wildman–Crippen MR) is 50.3 cm³/mol. The van der Waals surface area contributed by atoms with Crippen LogP contribution < -0.4 is 5.32 Å². The fourth-order valence-corrected chi connectivity index (χ4v) is 1.22. The summed E-state index contributed by atoms with van der Waals surface area (Å²) in [5.41, 5.74) is -0.207. The Morgan fingerprint density at radius 1 is 1.67 bits per heavy atom. The highest BCUT2D eigenvalue weighted by molar-refractivity contribution is 6.18. The molecular formula is C9H16ClNO. The summed E-state index contributed by atoms with van der Waals surface area (Å²) in [7, 11) is 0. The van der Waals surface area contributed by atoms with Gasteiger partial charge in [-0.1, -0.05) is 6.92 Å². The second-order valence-electron chi connectivity index (χ2n) is 3.81. The van der Waals surface area contributed by atoms with Gasteiger partial charge in [-0.25, -0.2) is 0 Å². The van der Waals surface area contributed by atoms with Gasteiger partial charge in [-0.3, -0.25) is 4.79 Å². The molecule has 1 atom stereocenters. The van der Waals surface area contributed by atoms with E-state index < -0.39 is 0 Å². The van der Waals surface area contributed by atoms with E-state index in [0.717, 1.165) is 19.3 Å². The minimum Gasteiger partial charge on any atom is -0.350 e. The van der Waals surface area contributed by atoms with E-state index >= 15 is 0 Å². The summed E-state index contributed by atoms with van der Waals surface area (Å²) >= 11 is 5.76. The molecule has 0 saturated heterocycles. The molecule has 1 N–H and O–H groups in total. The van der Waals surface area contributed by atoms with Crippen LogP contribution in [0.3, 0.4) is 0 Å². The summed E-state index contributed by atoms with van der Waals surface area (Å²) in [6.07, 6.45) is 2.98. The van der Waals surface area contributed by atoms with E-state index in [1.54, 1.807) is 0 Å². The average molecular weight is 190 g/mol. The molecule has 2 nitrogen and oxygen atoms in total. The Balaban J connectivity index is 2.40. The van der Waals surface area contributed by atoms with Crippen molar-refractivity contribution in [1.29, 1.82) is 0 Å². The van der Waals surface area contributed by atoms with Crippen LogP contribution in [0.5, 0.6) is 0 Å². The number of carbonyl (C=O) groups is 1. The van der Waals surface area contributed by atoms with Crippen LogP contribution in [-0.2, 0) is 4.79 Å². The van der Waals surface area contributed by atoms with Gasteiger partial charge in [0, 0.05) is 11.8 Å². The summed E-state index contributed by atoms with van der Waals surface area (Å²) in [6.45, 7) is 4.02. The molecule has 1 unspecified atom stereocenters. The lowest BCUT2D eigenvalue weighted by Gasteiger charge is -2.27. The van der Waals surface area contributed by atoms with E-state index in [1.165, 1.54) is 0 Å². The SMILES string of the molecule is CCC(C)(CCl)NC(=O)C1CC1. The topological polar surface area (TPSA) is 29.1 Å². The minimum atomic E-state index is -0.207. The van der Waals surface area contributed by atoms with Gasteiger partial charge in [0.2, 0.25) is 5.91 Å². The van der Waals surface area contributed by atoms with Crippen molar-refractivity contribution in [2.24, 2.45) is 5.92 Å². The maximum absolute atomic E-state index is 11.4. The number of nitrogens with one attached hydrogen (secondary N) is 1. The van der Waals surface area contributed by atoms with Gasteiger partial charge in [0.15, 0.2) is 0 Å². The Labute approximate surface area is 78.7 Å². The van der Waals surface area contributed by atoms with Gasteiger partial charge >= 0.3 is 0 Å². The molecule has 70 valence electrons. The van der Waals surface area contributed by atoms with Gasteiger partial charge in [-0.05, 0) is 26.2 Å². The van der Waals surface area contributed by atoms with Crippen LogP contribution in [-0.4, -0.2) is 17.3 Å². The van der Waals surface area contributed by atoms with E-state index in [9.17, 15) is 4.79 Å². The Morgan fingerprint density at radius 2 is 2.25 bits per heavy atom. The van der Waals surface area contributed by atoms with Crippen molar-refractivity contribution >= 4 is 17.5 Å². The summed E-state index contributed by atoms with van der Waals surface area (Å²) in [6, 6.07) is 0. The number of rotatable bonds is 4. The quantitative estimate of drug-likeness (QED) is 0.673. The zero-order chi connectivity index (χ0) is 9.19. The first-order valence-corrected chi connectivity index (χ1v) is 5.03. The van der Waals surface area contributed by atoms with Crippen LogP contribution in [0, 0.1) is 5.92 Å². The van der Waals surface area contributed by atoms with Crippen molar-refractivity contribution in [3.8, 4) is 0 Å². The zero-order valence-corrected chi connectivity index (χ0v) is 8.45. The third kappa shape index (κ3) is 2.37. The Hall–Kier alpha value is -0.240. The molecule has 0 aromatic rings. The smallest absolute Gasteiger partial charge is 0.223 e. The average Bonchev–Trinajstić information content (AvgIpc) is 2.86. The third-order valence-corrected chi connectivity index (χ3v) is 3.04. The molecule has 1 fully saturated rings. The third-order valence-electron chi connectivity index (χ3n) is 2.45. The first-order valence-electron chi connectivity index (χ1n) is 4.49. The maximum Gasteiger partial charge on any atom is 0.223 e. The highest BCUT2D eigenvalue weighted by Gasteiger charge is 2.33. The molecule has 0 radical (unpaired) electrons. The molecule has 1 aliphatic carbocycles. The fourth-order valence-electron chi connectivity index (χ4n) is 0.961. The Bertz CT molecular complexity index is 173. The lowest BCUT2D eigenvalue weighted by atomic mass is 10.0. The van der Waals surface area contributed by atoms with E-state index in [0.29, 0.717) is 5.88 Å². The van der Waals surface area contributed by atoms with Gasteiger partial charge in [-0.15, -0.1) is 11.6 Å². The van der Waals surface area contributed by atoms with Gasteiger partial charge in [-0.2, -0.15) is 0 Å². The highest BCUT2D eigenvalue weighted by atomic mass is 35.5. The molecule has 0 aromatic carbocycles. The monoisotopic (exact) mass is 189 g/mol. The summed E-state index contributed by atoms with van der Waals surface area (Å²) in [5.74, 6) is 0.946. The van der Waals surface area contributed by atoms with Crippen molar-refractivity contribution in [3.63, 3.8) is 0 Å². The molecule has 1 aliphatic rings. The van der Waals surface area contributed by atoms with E-state index in [2.05, 4.69) is 5.32 Å². The molecule has 0 aromatic heterocycles. The fraction of sp³-hybridized carbons (Fsp3) is 0.889. The number of alkyl halides is 1. The van der Waals surface area contributed by atoms with Crippen LogP contribution in [0.2, 0.25) is 0 Å². The minimum absolute atomic E-state index is 0.181.